The Hall–Kier alpha value is -2.45. The average molecular weight is 431 g/mol. The SMILES string of the molecule is COc1cc(CO)c(-c2cn3ccc(CC(=O)[C@H](N)CCCCN)cc3n2)cc1Cl. The molecule has 160 valence electrons. The molecule has 0 unspecified atom stereocenters. The van der Waals surface area contributed by atoms with E-state index in [4.69, 9.17) is 27.8 Å². The summed E-state index contributed by atoms with van der Waals surface area (Å²) in [6, 6.07) is 6.72. The summed E-state index contributed by atoms with van der Waals surface area (Å²) < 4.78 is 7.09. The van der Waals surface area contributed by atoms with Gasteiger partial charge in [0.1, 0.15) is 11.4 Å². The maximum absolute atomic E-state index is 12.4. The van der Waals surface area contributed by atoms with Crippen LogP contribution in [0.15, 0.2) is 36.7 Å². The van der Waals surface area contributed by atoms with Crippen molar-refractivity contribution in [2.45, 2.75) is 38.3 Å². The number of halogens is 1. The largest absolute Gasteiger partial charge is 0.495 e. The van der Waals surface area contributed by atoms with Crippen molar-refractivity contribution >= 4 is 23.0 Å². The summed E-state index contributed by atoms with van der Waals surface area (Å²) in [4.78, 5) is 17.1. The van der Waals surface area contributed by atoms with Crippen LogP contribution in [0, 0.1) is 0 Å². The van der Waals surface area contributed by atoms with E-state index in [1.807, 2.05) is 28.9 Å². The molecule has 8 heteroatoms. The fraction of sp³-hybridized carbons (Fsp3) is 0.364. The second kappa shape index (κ2) is 10.0. The number of nitrogens with zero attached hydrogens (tertiary/aromatic N) is 2. The number of hydrogen-bond donors (Lipinski definition) is 3. The molecule has 7 nitrogen and oxygen atoms in total. The second-order valence-electron chi connectivity index (χ2n) is 7.26. The number of unbranched alkanes of at least 4 members (excludes halogenated alkanes) is 1. The van der Waals surface area contributed by atoms with Crippen LogP contribution in [-0.4, -0.2) is 40.0 Å². The predicted molar refractivity (Wildman–Crippen MR) is 118 cm³/mol. The lowest BCUT2D eigenvalue weighted by atomic mass is 10.0. The number of ether oxygens (including phenoxy) is 1. The Bertz CT molecular complexity index is 1030. The number of hydrogen-bond acceptors (Lipinski definition) is 6. The standard InChI is InChI=1S/C22H27ClN4O3/c1-30-21-10-15(13-28)16(11-17(21)23)19-12-27-7-5-14(9-22(27)26-19)8-20(29)18(25)4-2-3-6-24/h5,7,9-12,18,28H,2-4,6,8,13,24-25H2,1H3/t18-/m1/s1. The summed E-state index contributed by atoms with van der Waals surface area (Å²) in [6.45, 7) is 0.440. The van der Waals surface area contributed by atoms with Gasteiger partial charge in [-0.05, 0) is 54.8 Å². The summed E-state index contributed by atoms with van der Waals surface area (Å²) in [5.41, 5.74) is 15.1. The van der Waals surface area contributed by atoms with Crippen molar-refractivity contribution in [2.75, 3.05) is 13.7 Å². The number of fused-ring (bicyclic) bond motifs is 1. The second-order valence-corrected chi connectivity index (χ2v) is 7.67. The van der Waals surface area contributed by atoms with E-state index in [0.717, 1.165) is 24.0 Å². The third-order valence-corrected chi connectivity index (χ3v) is 5.41. The van der Waals surface area contributed by atoms with E-state index in [1.54, 1.807) is 12.1 Å². The minimum absolute atomic E-state index is 0.00709. The topological polar surface area (TPSA) is 116 Å². The smallest absolute Gasteiger partial charge is 0.153 e. The maximum Gasteiger partial charge on any atom is 0.153 e. The molecule has 30 heavy (non-hydrogen) atoms. The third kappa shape index (κ3) is 4.99. The number of pyridine rings is 1. The summed E-state index contributed by atoms with van der Waals surface area (Å²) in [7, 11) is 1.53. The van der Waals surface area contributed by atoms with E-state index in [1.165, 1.54) is 7.11 Å². The molecule has 0 amide bonds. The van der Waals surface area contributed by atoms with Crippen molar-refractivity contribution in [3.05, 3.63) is 52.8 Å². The molecule has 0 fully saturated rings. The van der Waals surface area contributed by atoms with Crippen LogP contribution in [0.2, 0.25) is 5.02 Å². The van der Waals surface area contributed by atoms with E-state index < -0.39 is 6.04 Å². The number of imidazole rings is 1. The number of methoxy groups -OCH3 is 1. The zero-order chi connectivity index (χ0) is 21.7. The Morgan fingerprint density at radius 2 is 2.13 bits per heavy atom. The molecular weight excluding hydrogens is 404 g/mol. The minimum atomic E-state index is -0.475. The van der Waals surface area contributed by atoms with E-state index in [0.29, 0.717) is 40.6 Å². The molecule has 0 aliphatic carbocycles. The van der Waals surface area contributed by atoms with Crippen molar-refractivity contribution in [2.24, 2.45) is 11.5 Å². The first-order valence-corrected chi connectivity index (χ1v) is 10.3. The van der Waals surface area contributed by atoms with E-state index >= 15 is 0 Å². The molecule has 0 saturated heterocycles. The Labute approximate surface area is 180 Å². The fourth-order valence-electron chi connectivity index (χ4n) is 3.39. The number of nitrogens with two attached hydrogens (primary N) is 2. The molecule has 1 atom stereocenters. The molecule has 2 aromatic heterocycles. The molecule has 0 spiro atoms. The van der Waals surface area contributed by atoms with Gasteiger partial charge in [0.25, 0.3) is 0 Å². The molecule has 3 rings (SSSR count). The van der Waals surface area contributed by atoms with Gasteiger partial charge in [-0.1, -0.05) is 18.0 Å². The van der Waals surface area contributed by atoms with Crippen molar-refractivity contribution in [1.29, 1.82) is 0 Å². The first kappa shape index (κ1) is 22.2. The number of ketones is 1. The van der Waals surface area contributed by atoms with Gasteiger partial charge in [-0.2, -0.15) is 0 Å². The number of carbonyl (C=O) groups excluding carboxylic acids is 1. The number of rotatable bonds is 10. The number of carbonyl (C=O) groups is 1. The normalized spacial score (nSPS) is 12.3. The molecular formula is C22H27ClN4O3. The number of Topliss-reactive ketones (excluding diaryl/α,β-unsaturated/α-hetero) is 1. The highest BCUT2D eigenvalue weighted by Gasteiger charge is 2.16. The highest BCUT2D eigenvalue weighted by Crippen LogP contribution is 2.33. The molecule has 0 aliphatic heterocycles. The van der Waals surface area contributed by atoms with Crippen molar-refractivity contribution in [1.82, 2.24) is 9.38 Å². The van der Waals surface area contributed by atoms with Crippen LogP contribution in [0.25, 0.3) is 16.9 Å². The summed E-state index contributed by atoms with van der Waals surface area (Å²) in [5, 5.41) is 10.2. The van der Waals surface area contributed by atoms with Gasteiger partial charge in [-0.3, -0.25) is 4.79 Å². The minimum Gasteiger partial charge on any atom is -0.495 e. The number of aliphatic hydroxyl groups excluding tert-OH is 1. The Balaban J connectivity index is 1.83. The van der Waals surface area contributed by atoms with Crippen LogP contribution < -0.4 is 16.2 Å². The van der Waals surface area contributed by atoms with Crippen molar-refractivity contribution in [3.8, 4) is 17.0 Å². The lowest BCUT2D eigenvalue weighted by Crippen LogP contribution is -2.31. The lowest BCUT2D eigenvalue weighted by Gasteiger charge is -2.10. The zero-order valence-corrected chi connectivity index (χ0v) is 17.7. The highest BCUT2D eigenvalue weighted by molar-refractivity contribution is 6.32. The van der Waals surface area contributed by atoms with Crippen LogP contribution in [0.5, 0.6) is 5.75 Å². The summed E-state index contributed by atoms with van der Waals surface area (Å²) in [6.07, 6.45) is 6.35. The van der Waals surface area contributed by atoms with Crippen LogP contribution in [0.3, 0.4) is 0 Å². The lowest BCUT2D eigenvalue weighted by molar-refractivity contribution is -0.119. The Kier molecular flexibility index (Phi) is 7.44. The average Bonchev–Trinajstić information content (AvgIpc) is 3.16. The van der Waals surface area contributed by atoms with Gasteiger partial charge in [0.2, 0.25) is 0 Å². The van der Waals surface area contributed by atoms with Crippen molar-refractivity contribution < 1.29 is 14.6 Å². The van der Waals surface area contributed by atoms with E-state index in [-0.39, 0.29) is 18.8 Å². The first-order chi connectivity index (χ1) is 14.5. The van der Waals surface area contributed by atoms with Crippen LogP contribution >= 0.6 is 11.6 Å². The van der Waals surface area contributed by atoms with Gasteiger partial charge in [0.15, 0.2) is 5.78 Å². The molecule has 0 radical (unpaired) electrons. The zero-order valence-electron chi connectivity index (χ0n) is 17.0. The van der Waals surface area contributed by atoms with Gasteiger partial charge < -0.3 is 25.7 Å². The molecule has 0 bridgehead atoms. The molecule has 2 heterocycles. The molecule has 3 aromatic rings. The fourth-order valence-corrected chi connectivity index (χ4v) is 3.63. The number of aromatic nitrogens is 2. The van der Waals surface area contributed by atoms with E-state index in [9.17, 15) is 9.90 Å². The number of benzene rings is 1. The van der Waals surface area contributed by atoms with Gasteiger partial charge in [-0.25, -0.2) is 4.98 Å². The van der Waals surface area contributed by atoms with Crippen LogP contribution in [-0.2, 0) is 17.8 Å². The Morgan fingerprint density at radius 1 is 1.33 bits per heavy atom. The molecule has 0 saturated carbocycles. The summed E-state index contributed by atoms with van der Waals surface area (Å²) in [5.74, 6) is 0.504. The van der Waals surface area contributed by atoms with Gasteiger partial charge in [0.05, 0.1) is 30.5 Å². The van der Waals surface area contributed by atoms with Gasteiger partial charge in [-0.15, -0.1) is 0 Å². The molecule has 0 aliphatic rings. The maximum atomic E-state index is 12.4. The van der Waals surface area contributed by atoms with E-state index in [2.05, 4.69) is 4.98 Å². The molecule has 5 N–H and O–H groups in total. The van der Waals surface area contributed by atoms with Crippen LogP contribution in [0.1, 0.15) is 30.4 Å². The van der Waals surface area contributed by atoms with Gasteiger partial charge >= 0.3 is 0 Å². The molecule has 1 aromatic carbocycles. The predicted octanol–water partition coefficient (Wildman–Crippen LogP) is 2.72. The monoisotopic (exact) mass is 430 g/mol. The van der Waals surface area contributed by atoms with Crippen molar-refractivity contribution in [3.63, 3.8) is 0 Å². The van der Waals surface area contributed by atoms with Crippen LogP contribution in [0.4, 0.5) is 0 Å². The third-order valence-electron chi connectivity index (χ3n) is 5.11. The Morgan fingerprint density at radius 3 is 2.83 bits per heavy atom. The summed E-state index contributed by atoms with van der Waals surface area (Å²) >= 11 is 6.27. The quantitative estimate of drug-likeness (QED) is 0.426. The number of aliphatic hydroxyl groups is 1. The highest BCUT2D eigenvalue weighted by atomic mass is 35.5. The van der Waals surface area contributed by atoms with Gasteiger partial charge in [0, 0.05) is 24.4 Å². The first-order valence-electron chi connectivity index (χ1n) is 9.90.